The first kappa shape index (κ1) is 21.3. The van der Waals surface area contributed by atoms with Gasteiger partial charge in [-0.15, -0.1) is 11.3 Å². The van der Waals surface area contributed by atoms with E-state index >= 15 is 0 Å². The minimum absolute atomic E-state index is 0.0858. The molecule has 3 aromatic heterocycles. The van der Waals surface area contributed by atoms with Gasteiger partial charge in [-0.1, -0.05) is 24.3 Å². The fourth-order valence-corrected chi connectivity index (χ4v) is 5.22. The number of halogens is 1. The Morgan fingerprint density at radius 3 is 2.55 bits per heavy atom. The van der Waals surface area contributed by atoms with E-state index in [0.717, 1.165) is 5.82 Å². The number of fused-ring (bicyclic) bond motifs is 1. The molecule has 0 unspecified atom stereocenters. The van der Waals surface area contributed by atoms with E-state index in [1.165, 1.54) is 28.3 Å². The Bertz CT molecular complexity index is 1380. The Kier molecular flexibility index (Phi) is 5.63. The molecule has 5 rings (SSSR count). The van der Waals surface area contributed by atoms with Crippen LogP contribution in [0.2, 0.25) is 0 Å². The number of pyridine rings is 1. The zero-order valence-electron chi connectivity index (χ0n) is 18.1. The second-order valence-electron chi connectivity index (χ2n) is 7.97. The molecule has 168 valence electrons. The van der Waals surface area contributed by atoms with Crippen molar-refractivity contribution in [3.05, 3.63) is 87.2 Å². The van der Waals surface area contributed by atoms with Crippen LogP contribution in [-0.4, -0.2) is 51.5 Å². The van der Waals surface area contributed by atoms with Gasteiger partial charge in [0, 0.05) is 37.9 Å². The van der Waals surface area contributed by atoms with E-state index in [2.05, 4.69) is 14.9 Å². The molecule has 1 aliphatic heterocycles. The lowest BCUT2D eigenvalue weighted by molar-refractivity contribution is 0.0751. The summed E-state index contributed by atoms with van der Waals surface area (Å²) in [7, 11) is 0. The van der Waals surface area contributed by atoms with Crippen LogP contribution in [0.4, 0.5) is 10.2 Å². The fraction of sp³-hybridized carbons (Fsp3) is 0.250. The van der Waals surface area contributed by atoms with Crippen LogP contribution in [0.3, 0.4) is 0 Å². The van der Waals surface area contributed by atoms with Gasteiger partial charge in [-0.2, -0.15) is 0 Å². The highest BCUT2D eigenvalue weighted by Gasteiger charge is 2.27. The first-order valence-corrected chi connectivity index (χ1v) is 11.5. The monoisotopic (exact) mass is 463 g/mol. The second kappa shape index (κ2) is 8.74. The quantitative estimate of drug-likeness (QED) is 0.464. The number of nitrogens with zero attached hydrogens (tertiary/aromatic N) is 5. The highest BCUT2D eigenvalue weighted by molar-refractivity contribution is 7.20. The topological polar surface area (TPSA) is 71.3 Å². The number of rotatable bonds is 4. The largest absolute Gasteiger partial charge is 0.353 e. The van der Waals surface area contributed by atoms with E-state index < -0.39 is 0 Å². The summed E-state index contributed by atoms with van der Waals surface area (Å²) in [5.74, 6) is 0.450. The van der Waals surface area contributed by atoms with Crippen molar-refractivity contribution in [3.63, 3.8) is 0 Å². The molecule has 4 heterocycles. The number of carbonyl (C=O) groups excluding carboxylic acids is 1. The highest BCUT2D eigenvalue weighted by Crippen LogP contribution is 2.28. The maximum Gasteiger partial charge on any atom is 0.264 e. The van der Waals surface area contributed by atoms with Crippen molar-refractivity contribution in [2.75, 3.05) is 31.1 Å². The molecule has 0 N–H and O–H groups in total. The molecule has 1 aromatic carbocycles. The molecule has 0 bridgehead atoms. The third-order valence-electron chi connectivity index (χ3n) is 5.95. The number of thiophene rings is 1. The Balaban J connectivity index is 1.38. The number of hydrogen-bond acceptors (Lipinski definition) is 6. The number of benzene rings is 1. The van der Waals surface area contributed by atoms with Gasteiger partial charge in [-0.25, -0.2) is 14.4 Å². The van der Waals surface area contributed by atoms with Gasteiger partial charge in [-0.05, 0) is 30.7 Å². The molecule has 0 aliphatic carbocycles. The van der Waals surface area contributed by atoms with E-state index in [9.17, 15) is 14.0 Å². The van der Waals surface area contributed by atoms with Crippen LogP contribution < -0.4 is 10.5 Å². The molecule has 0 radical (unpaired) electrons. The smallest absolute Gasteiger partial charge is 0.264 e. The SMILES string of the molecule is Cc1c(C(=O)N2CCN(c3ccccn3)CC2)sc2ncn(Cc3ccccc3F)c(=O)c12. The number of aromatic nitrogens is 3. The van der Waals surface area contributed by atoms with E-state index in [1.807, 2.05) is 23.1 Å². The van der Waals surface area contributed by atoms with Crippen molar-refractivity contribution in [2.45, 2.75) is 13.5 Å². The normalized spacial score (nSPS) is 14.1. The fourth-order valence-electron chi connectivity index (χ4n) is 4.11. The van der Waals surface area contributed by atoms with Crippen LogP contribution in [0.1, 0.15) is 20.8 Å². The van der Waals surface area contributed by atoms with E-state index in [1.54, 1.807) is 31.3 Å². The van der Waals surface area contributed by atoms with Gasteiger partial charge in [-0.3, -0.25) is 14.2 Å². The maximum atomic E-state index is 14.1. The lowest BCUT2D eigenvalue weighted by Crippen LogP contribution is -2.49. The summed E-state index contributed by atoms with van der Waals surface area (Å²) in [4.78, 5) is 40.2. The van der Waals surface area contributed by atoms with Gasteiger partial charge in [0.2, 0.25) is 0 Å². The lowest BCUT2D eigenvalue weighted by atomic mass is 10.1. The maximum absolute atomic E-state index is 14.1. The first-order chi connectivity index (χ1) is 16.0. The van der Waals surface area contributed by atoms with Crippen LogP contribution in [-0.2, 0) is 6.54 Å². The van der Waals surface area contributed by atoms with Crippen molar-refractivity contribution in [1.29, 1.82) is 0 Å². The number of hydrogen-bond donors (Lipinski definition) is 0. The summed E-state index contributed by atoms with van der Waals surface area (Å²) in [6, 6.07) is 12.2. The van der Waals surface area contributed by atoms with E-state index in [4.69, 9.17) is 0 Å². The summed E-state index contributed by atoms with van der Waals surface area (Å²) >= 11 is 1.24. The van der Waals surface area contributed by atoms with Crippen molar-refractivity contribution in [2.24, 2.45) is 0 Å². The van der Waals surface area contributed by atoms with Gasteiger partial charge >= 0.3 is 0 Å². The van der Waals surface area contributed by atoms with Crippen LogP contribution in [0.5, 0.6) is 0 Å². The highest BCUT2D eigenvalue weighted by atomic mass is 32.1. The Morgan fingerprint density at radius 2 is 1.82 bits per heavy atom. The second-order valence-corrected chi connectivity index (χ2v) is 8.97. The molecule has 33 heavy (non-hydrogen) atoms. The van der Waals surface area contributed by atoms with Crippen molar-refractivity contribution < 1.29 is 9.18 Å². The molecule has 4 aromatic rings. The molecule has 1 amide bonds. The zero-order valence-corrected chi connectivity index (χ0v) is 18.9. The summed E-state index contributed by atoms with van der Waals surface area (Å²) in [6.07, 6.45) is 3.19. The van der Waals surface area contributed by atoms with Crippen molar-refractivity contribution in [1.82, 2.24) is 19.4 Å². The van der Waals surface area contributed by atoms with Gasteiger partial charge < -0.3 is 9.80 Å². The summed E-state index contributed by atoms with van der Waals surface area (Å²) < 4.78 is 15.4. The standard InChI is InChI=1S/C24H22FN5O2S/c1-16-20-22(27-15-30(23(20)31)14-17-6-2-3-7-18(17)25)33-21(16)24(32)29-12-10-28(11-13-29)19-8-4-5-9-26-19/h2-9,15H,10-14H2,1H3. The minimum Gasteiger partial charge on any atom is -0.353 e. The molecule has 1 aliphatic rings. The summed E-state index contributed by atoms with van der Waals surface area (Å²) in [6.45, 7) is 4.41. The minimum atomic E-state index is -0.368. The first-order valence-electron chi connectivity index (χ1n) is 10.7. The number of anilines is 1. The van der Waals surface area contributed by atoms with Gasteiger partial charge in [0.05, 0.1) is 23.1 Å². The van der Waals surface area contributed by atoms with Gasteiger partial charge in [0.1, 0.15) is 16.5 Å². The number of carbonyl (C=O) groups is 1. The molecule has 0 saturated carbocycles. The third-order valence-corrected chi connectivity index (χ3v) is 7.14. The third kappa shape index (κ3) is 4.00. The molecule has 7 nitrogen and oxygen atoms in total. The van der Waals surface area contributed by atoms with Crippen LogP contribution >= 0.6 is 11.3 Å². The number of aryl methyl sites for hydroxylation is 1. The molecule has 0 atom stereocenters. The summed E-state index contributed by atoms with van der Waals surface area (Å²) in [5, 5.41) is 0.425. The van der Waals surface area contributed by atoms with E-state index in [-0.39, 0.29) is 23.8 Å². The molecule has 1 fully saturated rings. The van der Waals surface area contributed by atoms with E-state index in [0.29, 0.717) is 52.4 Å². The Morgan fingerprint density at radius 1 is 1.06 bits per heavy atom. The van der Waals surface area contributed by atoms with Crippen molar-refractivity contribution >= 4 is 33.3 Å². The molecular weight excluding hydrogens is 441 g/mol. The average Bonchev–Trinajstić information content (AvgIpc) is 3.19. The van der Waals surface area contributed by atoms with Gasteiger partial charge in [0.15, 0.2) is 0 Å². The molecule has 1 saturated heterocycles. The predicted molar refractivity (Wildman–Crippen MR) is 126 cm³/mol. The number of amides is 1. The van der Waals surface area contributed by atoms with Crippen LogP contribution in [0.15, 0.2) is 59.8 Å². The summed E-state index contributed by atoms with van der Waals surface area (Å²) in [5.41, 5.74) is 0.777. The van der Waals surface area contributed by atoms with Gasteiger partial charge in [0.25, 0.3) is 11.5 Å². The van der Waals surface area contributed by atoms with Crippen LogP contribution in [0.25, 0.3) is 10.2 Å². The molecular formula is C24H22FN5O2S. The zero-order chi connectivity index (χ0) is 22.9. The Labute approximate surface area is 193 Å². The Hall–Kier alpha value is -3.59. The van der Waals surface area contributed by atoms with Crippen molar-refractivity contribution in [3.8, 4) is 0 Å². The lowest BCUT2D eigenvalue weighted by Gasteiger charge is -2.35. The molecule has 0 spiro atoms. The van der Waals surface area contributed by atoms with Crippen LogP contribution in [0, 0.1) is 12.7 Å². The predicted octanol–water partition coefficient (Wildman–Crippen LogP) is 3.31. The average molecular weight is 464 g/mol. The number of piperazine rings is 1. The molecule has 9 heteroatoms.